The van der Waals surface area contributed by atoms with Gasteiger partial charge in [0.15, 0.2) is 0 Å². The minimum atomic E-state index is -2.88. The van der Waals surface area contributed by atoms with Gasteiger partial charge in [-0.2, -0.15) is 8.78 Å². The molecule has 0 unspecified atom stereocenters. The van der Waals surface area contributed by atoms with Crippen LogP contribution in [0.5, 0.6) is 0 Å². The van der Waals surface area contributed by atoms with Crippen LogP contribution in [0.3, 0.4) is 0 Å². The predicted molar refractivity (Wildman–Crippen MR) is 131 cm³/mol. The summed E-state index contributed by atoms with van der Waals surface area (Å²) in [6.07, 6.45) is -1.10. The van der Waals surface area contributed by atoms with Crippen LogP contribution < -0.4 is 0 Å². The highest BCUT2D eigenvalue weighted by Crippen LogP contribution is 2.25. The number of halogens is 3. The van der Waals surface area contributed by atoms with E-state index >= 15 is 0 Å². The maximum Gasteiger partial charge on any atom is 0.314 e. The summed E-state index contributed by atoms with van der Waals surface area (Å²) in [5, 5.41) is 15.3. The zero-order chi connectivity index (χ0) is 25.9. The lowest BCUT2D eigenvalue weighted by molar-refractivity contribution is 0.104. The minimum Gasteiger partial charge on any atom is -0.415 e. The lowest BCUT2D eigenvalue weighted by Crippen LogP contribution is -2.48. The summed E-state index contributed by atoms with van der Waals surface area (Å²) in [5.74, 6) is -1.50. The van der Waals surface area contributed by atoms with Crippen molar-refractivity contribution in [2.45, 2.75) is 39.4 Å². The van der Waals surface area contributed by atoms with Crippen LogP contribution in [-0.2, 0) is 13.1 Å². The number of hydrogen-bond acceptors (Lipinski definition) is 7. The molecule has 5 rings (SSSR count). The second-order valence-electron chi connectivity index (χ2n) is 9.46. The molecule has 194 valence electrons. The largest absolute Gasteiger partial charge is 0.415 e. The number of alkyl halides is 2. The molecular weight excluding hydrogens is 483 g/mol. The van der Waals surface area contributed by atoms with Crippen LogP contribution in [0.4, 0.5) is 13.2 Å². The standard InChI is InChI=1S/C26H28F3N7O/c1-17(2)35-10-8-34(9-11-35)14-18-4-3-5-19(12-18)23-16-36(33-30-23)15-21-7-6-20(13-22(21)27)25-31-32-26(37-25)24(28)29/h3-7,12-13,16-17,24H,8-11,14-15H2,1-2H3. The van der Waals surface area contributed by atoms with E-state index in [9.17, 15) is 13.2 Å². The molecule has 0 bridgehead atoms. The monoisotopic (exact) mass is 511 g/mol. The Labute approximate surface area is 212 Å². The third kappa shape index (κ3) is 5.89. The summed E-state index contributed by atoms with van der Waals surface area (Å²) in [5.41, 5.74) is 3.45. The van der Waals surface area contributed by atoms with E-state index in [2.05, 4.69) is 56.3 Å². The van der Waals surface area contributed by atoms with E-state index in [1.807, 2.05) is 12.1 Å². The Morgan fingerprint density at radius 2 is 1.73 bits per heavy atom. The zero-order valence-electron chi connectivity index (χ0n) is 20.7. The van der Waals surface area contributed by atoms with Gasteiger partial charge in [-0.25, -0.2) is 9.07 Å². The summed E-state index contributed by atoms with van der Waals surface area (Å²) in [6, 6.07) is 13.1. The molecule has 0 saturated carbocycles. The summed E-state index contributed by atoms with van der Waals surface area (Å²) in [4.78, 5) is 4.96. The average Bonchev–Trinajstić information content (AvgIpc) is 3.56. The number of rotatable bonds is 8. The van der Waals surface area contributed by atoms with Crippen molar-refractivity contribution in [1.29, 1.82) is 0 Å². The molecule has 8 nitrogen and oxygen atoms in total. The molecule has 0 amide bonds. The number of piperazine rings is 1. The average molecular weight is 512 g/mol. The molecule has 1 fully saturated rings. The summed E-state index contributed by atoms with van der Waals surface area (Å²) in [7, 11) is 0. The van der Waals surface area contributed by atoms with Crippen molar-refractivity contribution in [2.24, 2.45) is 0 Å². The Balaban J connectivity index is 1.24. The van der Waals surface area contributed by atoms with Gasteiger partial charge in [-0.3, -0.25) is 9.80 Å². The third-order valence-corrected chi connectivity index (χ3v) is 6.56. The first-order valence-corrected chi connectivity index (χ1v) is 12.2. The van der Waals surface area contributed by atoms with Crippen molar-refractivity contribution in [3.8, 4) is 22.7 Å². The van der Waals surface area contributed by atoms with Gasteiger partial charge in [-0.15, -0.1) is 15.3 Å². The highest BCUT2D eigenvalue weighted by Gasteiger charge is 2.20. The van der Waals surface area contributed by atoms with Gasteiger partial charge in [0.05, 0.1) is 12.7 Å². The second-order valence-corrected chi connectivity index (χ2v) is 9.46. The van der Waals surface area contributed by atoms with Gasteiger partial charge in [-0.05, 0) is 37.6 Å². The molecule has 0 aliphatic carbocycles. The molecule has 2 aromatic heterocycles. The Morgan fingerprint density at radius 3 is 2.43 bits per heavy atom. The molecule has 0 atom stereocenters. The Bertz CT molecular complexity index is 1350. The molecule has 1 aliphatic heterocycles. The summed E-state index contributed by atoms with van der Waals surface area (Å²) >= 11 is 0. The number of nitrogens with zero attached hydrogens (tertiary/aromatic N) is 7. The first kappa shape index (κ1) is 25.1. The zero-order valence-corrected chi connectivity index (χ0v) is 20.7. The fourth-order valence-corrected chi connectivity index (χ4v) is 4.46. The van der Waals surface area contributed by atoms with Gasteiger partial charge in [-0.1, -0.05) is 29.5 Å². The van der Waals surface area contributed by atoms with E-state index < -0.39 is 18.1 Å². The summed E-state index contributed by atoms with van der Waals surface area (Å²) < 4.78 is 46.6. The van der Waals surface area contributed by atoms with E-state index in [1.165, 1.54) is 17.7 Å². The van der Waals surface area contributed by atoms with Gasteiger partial charge in [0.2, 0.25) is 5.89 Å². The Hall–Kier alpha value is -3.57. The van der Waals surface area contributed by atoms with Crippen molar-refractivity contribution in [2.75, 3.05) is 26.2 Å². The van der Waals surface area contributed by atoms with Crippen LogP contribution in [-0.4, -0.2) is 67.2 Å². The highest BCUT2D eigenvalue weighted by molar-refractivity contribution is 5.58. The maximum absolute atomic E-state index is 14.8. The number of benzene rings is 2. The van der Waals surface area contributed by atoms with E-state index in [4.69, 9.17) is 4.42 Å². The quantitative estimate of drug-likeness (QED) is 0.341. The van der Waals surface area contributed by atoms with Gasteiger partial charge in [0, 0.05) is 55.5 Å². The van der Waals surface area contributed by atoms with Crippen LogP contribution in [0.2, 0.25) is 0 Å². The fourth-order valence-electron chi connectivity index (χ4n) is 4.46. The Morgan fingerprint density at radius 1 is 0.919 bits per heavy atom. The SMILES string of the molecule is CC(C)N1CCN(Cc2cccc(-c3cn(Cc4ccc(-c5nnc(C(F)F)o5)cc4F)nn3)c2)CC1. The lowest BCUT2D eigenvalue weighted by Gasteiger charge is -2.37. The molecule has 3 heterocycles. The molecule has 0 N–H and O–H groups in total. The van der Waals surface area contributed by atoms with Crippen molar-refractivity contribution in [3.63, 3.8) is 0 Å². The maximum atomic E-state index is 14.8. The number of aromatic nitrogens is 5. The van der Waals surface area contributed by atoms with Crippen molar-refractivity contribution in [3.05, 3.63) is 71.5 Å². The topological polar surface area (TPSA) is 76.1 Å². The van der Waals surface area contributed by atoms with Gasteiger partial charge < -0.3 is 4.42 Å². The van der Waals surface area contributed by atoms with E-state index in [0.29, 0.717) is 17.3 Å². The normalized spacial score (nSPS) is 15.2. The molecule has 1 saturated heterocycles. The molecule has 1 aliphatic rings. The van der Waals surface area contributed by atoms with Crippen molar-refractivity contribution < 1.29 is 17.6 Å². The lowest BCUT2D eigenvalue weighted by atomic mass is 10.1. The summed E-state index contributed by atoms with van der Waals surface area (Å²) in [6.45, 7) is 9.75. The smallest absolute Gasteiger partial charge is 0.314 e. The molecule has 11 heteroatoms. The molecule has 0 spiro atoms. The van der Waals surface area contributed by atoms with E-state index in [0.717, 1.165) is 38.3 Å². The Kier molecular flexibility index (Phi) is 7.33. The van der Waals surface area contributed by atoms with Gasteiger partial charge in [0.25, 0.3) is 5.89 Å². The first-order chi connectivity index (χ1) is 17.9. The van der Waals surface area contributed by atoms with Gasteiger partial charge in [0.1, 0.15) is 11.5 Å². The van der Waals surface area contributed by atoms with E-state index in [1.54, 1.807) is 16.9 Å². The predicted octanol–water partition coefficient (Wildman–Crippen LogP) is 4.65. The first-order valence-electron chi connectivity index (χ1n) is 12.2. The molecular formula is C26H28F3N7O. The van der Waals surface area contributed by atoms with Crippen LogP contribution >= 0.6 is 0 Å². The van der Waals surface area contributed by atoms with Crippen molar-refractivity contribution >= 4 is 0 Å². The molecule has 4 aromatic rings. The molecule has 0 radical (unpaired) electrons. The molecule has 2 aromatic carbocycles. The third-order valence-electron chi connectivity index (χ3n) is 6.56. The minimum absolute atomic E-state index is 0.158. The van der Waals surface area contributed by atoms with Crippen molar-refractivity contribution in [1.82, 2.24) is 35.0 Å². The van der Waals surface area contributed by atoms with E-state index in [-0.39, 0.29) is 18.0 Å². The molecule has 37 heavy (non-hydrogen) atoms. The van der Waals surface area contributed by atoms with Gasteiger partial charge >= 0.3 is 6.43 Å². The second kappa shape index (κ2) is 10.8. The number of hydrogen-bond donors (Lipinski definition) is 0. The van der Waals surface area contributed by atoms with Crippen LogP contribution in [0, 0.1) is 5.82 Å². The fraction of sp³-hybridized carbons (Fsp3) is 0.385. The highest BCUT2D eigenvalue weighted by atomic mass is 19.3. The van der Waals surface area contributed by atoms with Crippen LogP contribution in [0.25, 0.3) is 22.7 Å². The van der Waals surface area contributed by atoms with Crippen LogP contribution in [0.15, 0.2) is 53.1 Å². The van der Waals surface area contributed by atoms with Crippen LogP contribution in [0.1, 0.15) is 37.3 Å².